The van der Waals surface area contributed by atoms with Crippen LogP contribution < -0.4 is 10.6 Å². The van der Waals surface area contributed by atoms with E-state index in [9.17, 15) is 4.39 Å². The summed E-state index contributed by atoms with van der Waals surface area (Å²) in [5, 5.41) is 11.1. The predicted octanol–water partition coefficient (Wildman–Crippen LogP) is 2.86. The van der Waals surface area contributed by atoms with Crippen molar-refractivity contribution < 1.29 is 4.39 Å². The van der Waals surface area contributed by atoms with Crippen LogP contribution in [0.1, 0.15) is 36.4 Å². The van der Waals surface area contributed by atoms with Crippen LogP contribution in [0, 0.1) is 19.7 Å². The molecular formula is C19H28FN5. The van der Waals surface area contributed by atoms with Crippen molar-refractivity contribution in [2.24, 2.45) is 12.0 Å². The van der Waals surface area contributed by atoms with E-state index in [-0.39, 0.29) is 11.9 Å². The molecule has 1 unspecified atom stereocenters. The molecule has 136 valence electrons. The summed E-state index contributed by atoms with van der Waals surface area (Å²) in [7, 11) is 1.96. The van der Waals surface area contributed by atoms with Crippen molar-refractivity contribution in [2.75, 3.05) is 6.54 Å². The van der Waals surface area contributed by atoms with Gasteiger partial charge >= 0.3 is 0 Å². The Morgan fingerprint density at radius 2 is 2.04 bits per heavy atom. The van der Waals surface area contributed by atoms with E-state index in [0.29, 0.717) is 18.1 Å². The van der Waals surface area contributed by atoms with Crippen molar-refractivity contribution in [1.29, 1.82) is 0 Å². The number of aryl methyl sites for hydroxylation is 2. The minimum Gasteiger partial charge on any atom is -0.357 e. The lowest BCUT2D eigenvalue weighted by molar-refractivity contribution is 0.608. The SMILES string of the molecule is CCNC(=NCc1ccccc1F)NC(C)Cc1c(C)nn(C)c1C. The van der Waals surface area contributed by atoms with E-state index in [1.54, 1.807) is 12.1 Å². The van der Waals surface area contributed by atoms with Gasteiger partial charge in [0.15, 0.2) is 5.96 Å². The third kappa shape index (κ3) is 5.05. The number of aromatic nitrogens is 2. The second-order valence-electron chi connectivity index (χ2n) is 6.31. The molecule has 0 fully saturated rings. The van der Waals surface area contributed by atoms with Crippen molar-refractivity contribution in [1.82, 2.24) is 20.4 Å². The normalized spacial score (nSPS) is 13.0. The Kier molecular flexibility index (Phi) is 6.56. The van der Waals surface area contributed by atoms with E-state index in [2.05, 4.69) is 34.6 Å². The Hall–Kier alpha value is -2.37. The van der Waals surface area contributed by atoms with Gasteiger partial charge in [-0.15, -0.1) is 0 Å². The van der Waals surface area contributed by atoms with Gasteiger partial charge < -0.3 is 10.6 Å². The van der Waals surface area contributed by atoms with E-state index in [1.807, 2.05) is 31.6 Å². The van der Waals surface area contributed by atoms with E-state index < -0.39 is 0 Å². The summed E-state index contributed by atoms with van der Waals surface area (Å²) in [5.74, 6) is 0.467. The molecule has 0 radical (unpaired) electrons. The molecule has 1 heterocycles. The topological polar surface area (TPSA) is 54.2 Å². The van der Waals surface area contributed by atoms with E-state index in [4.69, 9.17) is 0 Å². The first-order chi connectivity index (χ1) is 11.9. The van der Waals surface area contributed by atoms with Crippen molar-refractivity contribution in [2.45, 2.75) is 46.7 Å². The second-order valence-corrected chi connectivity index (χ2v) is 6.31. The molecule has 25 heavy (non-hydrogen) atoms. The molecule has 0 bridgehead atoms. The van der Waals surface area contributed by atoms with Gasteiger partial charge in [0.2, 0.25) is 0 Å². The quantitative estimate of drug-likeness (QED) is 0.625. The van der Waals surface area contributed by atoms with E-state index in [0.717, 1.165) is 18.7 Å². The van der Waals surface area contributed by atoms with Gasteiger partial charge in [0.05, 0.1) is 12.2 Å². The maximum absolute atomic E-state index is 13.7. The molecule has 1 aromatic heterocycles. The smallest absolute Gasteiger partial charge is 0.191 e. The minimum absolute atomic E-state index is 0.181. The highest BCUT2D eigenvalue weighted by Gasteiger charge is 2.14. The molecule has 2 rings (SSSR count). The first-order valence-corrected chi connectivity index (χ1v) is 8.69. The first-order valence-electron chi connectivity index (χ1n) is 8.69. The molecule has 0 aliphatic heterocycles. The number of halogens is 1. The molecule has 0 amide bonds. The molecular weight excluding hydrogens is 317 g/mol. The highest BCUT2D eigenvalue weighted by Crippen LogP contribution is 2.14. The van der Waals surface area contributed by atoms with E-state index >= 15 is 0 Å². The Balaban J connectivity index is 2.05. The van der Waals surface area contributed by atoms with Crippen LogP contribution in [0.4, 0.5) is 4.39 Å². The molecule has 2 N–H and O–H groups in total. The Labute approximate surface area is 149 Å². The van der Waals surface area contributed by atoms with Crippen LogP contribution >= 0.6 is 0 Å². The maximum atomic E-state index is 13.7. The van der Waals surface area contributed by atoms with Gasteiger partial charge in [-0.25, -0.2) is 9.38 Å². The molecule has 0 saturated heterocycles. The zero-order valence-electron chi connectivity index (χ0n) is 15.7. The van der Waals surface area contributed by atoms with Gasteiger partial charge in [0.1, 0.15) is 5.82 Å². The minimum atomic E-state index is -0.225. The van der Waals surface area contributed by atoms with Crippen molar-refractivity contribution in [3.05, 3.63) is 52.6 Å². The number of benzene rings is 1. The Bertz CT molecular complexity index is 735. The fourth-order valence-electron chi connectivity index (χ4n) is 2.81. The van der Waals surface area contributed by atoms with Crippen LogP contribution in [0.5, 0.6) is 0 Å². The maximum Gasteiger partial charge on any atom is 0.191 e. The van der Waals surface area contributed by atoms with Crippen LogP contribution in [-0.2, 0) is 20.0 Å². The molecule has 2 aromatic rings. The fraction of sp³-hybridized carbons (Fsp3) is 0.474. The van der Waals surface area contributed by atoms with Gasteiger partial charge in [-0.2, -0.15) is 5.10 Å². The lowest BCUT2D eigenvalue weighted by atomic mass is 10.1. The number of hydrogen-bond acceptors (Lipinski definition) is 2. The average Bonchev–Trinajstić information content (AvgIpc) is 2.80. The number of guanidine groups is 1. The molecule has 0 saturated carbocycles. The zero-order valence-corrected chi connectivity index (χ0v) is 15.7. The zero-order chi connectivity index (χ0) is 18.4. The standard InChI is InChI=1S/C19H28FN5/c1-6-21-19(22-12-16-9-7-8-10-18(16)20)23-13(2)11-17-14(3)24-25(5)15(17)4/h7-10,13H,6,11-12H2,1-5H3,(H2,21,22,23). The monoisotopic (exact) mass is 345 g/mol. The summed E-state index contributed by atoms with van der Waals surface area (Å²) in [6, 6.07) is 6.91. The van der Waals surface area contributed by atoms with Crippen LogP contribution in [0.3, 0.4) is 0 Å². The number of rotatable bonds is 6. The van der Waals surface area contributed by atoms with Gasteiger partial charge in [0, 0.05) is 30.9 Å². The molecule has 1 atom stereocenters. The predicted molar refractivity (Wildman–Crippen MR) is 100 cm³/mol. The molecule has 0 spiro atoms. The van der Waals surface area contributed by atoms with Crippen LogP contribution in [0.25, 0.3) is 0 Å². The van der Waals surface area contributed by atoms with Gasteiger partial charge in [-0.1, -0.05) is 18.2 Å². The van der Waals surface area contributed by atoms with Gasteiger partial charge in [-0.3, -0.25) is 4.68 Å². The number of aliphatic imine (C=N–C) groups is 1. The molecule has 0 aliphatic rings. The Morgan fingerprint density at radius 3 is 2.64 bits per heavy atom. The van der Waals surface area contributed by atoms with E-state index in [1.165, 1.54) is 17.3 Å². The average molecular weight is 345 g/mol. The number of nitrogens with one attached hydrogen (secondary N) is 2. The number of hydrogen-bond donors (Lipinski definition) is 2. The lowest BCUT2D eigenvalue weighted by Gasteiger charge is -2.18. The fourth-order valence-corrected chi connectivity index (χ4v) is 2.81. The van der Waals surface area contributed by atoms with Crippen LogP contribution in [-0.4, -0.2) is 28.3 Å². The summed E-state index contributed by atoms with van der Waals surface area (Å²) in [5.41, 5.74) is 4.08. The second kappa shape index (κ2) is 8.65. The largest absolute Gasteiger partial charge is 0.357 e. The van der Waals surface area contributed by atoms with Crippen LogP contribution in [0.2, 0.25) is 0 Å². The van der Waals surface area contributed by atoms with Crippen molar-refractivity contribution in [3.63, 3.8) is 0 Å². The first kappa shape index (κ1) is 19.0. The van der Waals surface area contributed by atoms with Crippen molar-refractivity contribution >= 4 is 5.96 Å². The highest BCUT2D eigenvalue weighted by molar-refractivity contribution is 5.80. The summed E-state index contributed by atoms with van der Waals surface area (Å²) in [6.45, 7) is 9.30. The summed E-state index contributed by atoms with van der Waals surface area (Å²) in [6.07, 6.45) is 0.857. The van der Waals surface area contributed by atoms with Gasteiger partial charge in [0.25, 0.3) is 0 Å². The molecule has 5 nitrogen and oxygen atoms in total. The summed E-state index contributed by atoms with van der Waals surface area (Å²) >= 11 is 0. The molecule has 6 heteroatoms. The lowest BCUT2D eigenvalue weighted by Crippen LogP contribution is -2.43. The summed E-state index contributed by atoms with van der Waals surface area (Å²) < 4.78 is 15.7. The molecule has 1 aromatic carbocycles. The van der Waals surface area contributed by atoms with Crippen LogP contribution in [0.15, 0.2) is 29.3 Å². The van der Waals surface area contributed by atoms with Gasteiger partial charge in [-0.05, 0) is 45.7 Å². The third-order valence-electron chi connectivity index (χ3n) is 4.26. The summed E-state index contributed by atoms with van der Waals surface area (Å²) in [4.78, 5) is 4.51. The number of nitrogens with zero attached hydrogens (tertiary/aromatic N) is 3. The van der Waals surface area contributed by atoms with Crippen molar-refractivity contribution in [3.8, 4) is 0 Å². The third-order valence-corrected chi connectivity index (χ3v) is 4.26. The Morgan fingerprint density at radius 1 is 1.32 bits per heavy atom. The highest BCUT2D eigenvalue weighted by atomic mass is 19.1. The molecule has 0 aliphatic carbocycles.